The van der Waals surface area contributed by atoms with Gasteiger partial charge in [0.2, 0.25) is 5.88 Å². The van der Waals surface area contributed by atoms with Crippen LogP contribution in [0.2, 0.25) is 0 Å². The summed E-state index contributed by atoms with van der Waals surface area (Å²) in [6.45, 7) is 5.56. The number of hydrogen-bond donors (Lipinski definition) is 1. The van der Waals surface area contributed by atoms with Gasteiger partial charge in [0, 0.05) is 31.3 Å². The molecule has 3 aromatic heterocycles. The van der Waals surface area contributed by atoms with Crippen molar-refractivity contribution in [1.29, 1.82) is 0 Å². The highest BCUT2D eigenvalue weighted by atomic mass is 16.6. The number of alkyl carbamates (subject to hydrolysis) is 1. The Morgan fingerprint density at radius 3 is 2.79 bits per heavy atom. The Labute approximate surface area is 169 Å². The average molecular weight is 398 g/mol. The van der Waals surface area contributed by atoms with Crippen LogP contribution in [0.3, 0.4) is 0 Å². The molecule has 9 heteroatoms. The number of ether oxygens (including phenoxy) is 2. The van der Waals surface area contributed by atoms with Crippen molar-refractivity contribution in [3.63, 3.8) is 0 Å². The van der Waals surface area contributed by atoms with Crippen molar-refractivity contribution in [2.75, 3.05) is 0 Å². The molecule has 0 unspecified atom stereocenters. The lowest BCUT2D eigenvalue weighted by Crippen LogP contribution is -2.38. The van der Waals surface area contributed by atoms with Crippen LogP contribution in [0.15, 0.2) is 30.9 Å². The van der Waals surface area contributed by atoms with Gasteiger partial charge in [0.15, 0.2) is 0 Å². The van der Waals surface area contributed by atoms with Crippen molar-refractivity contribution >= 4 is 11.6 Å². The fourth-order valence-electron chi connectivity index (χ4n) is 3.49. The van der Waals surface area contributed by atoms with Crippen molar-refractivity contribution in [3.8, 4) is 17.1 Å². The summed E-state index contributed by atoms with van der Waals surface area (Å²) in [5, 5.41) is 11.5. The van der Waals surface area contributed by atoms with Gasteiger partial charge in [-0.3, -0.25) is 4.68 Å². The van der Waals surface area contributed by atoms with E-state index in [4.69, 9.17) is 14.5 Å². The zero-order valence-electron chi connectivity index (χ0n) is 17.1. The topological polar surface area (TPSA) is 95.6 Å². The second-order valence-corrected chi connectivity index (χ2v) is 8.39. The van der Waals surface area contributed by atoms with E-state index in [9.17, 15) is 4.79 Å². The molecule has 3 aromatic rings. The highest BCUT2D eigenvalue weighted by molar-refractivity contribution is 5.68. The van der Waals surface area contributed by atoms with Crippen LogP contribution in [0, 0.1) is 0 Å². The first-order valence-corrected chi connectivity index (χ1v) is 9.76. The predicted molar refractivity (Wildman–Crippen MR) is 107 cm³/mol. The molecule has 1 aliphatic carbocycles. The van der Waals surface area contributed by atoms with E-state index in [1.54, 1.807) is 21.6 Å². The molecule has 0 aliphatic heterocycles. The molecule has 1 aliphatic rings. The van der Waals surface area contributed by atoms with Crippen molar-refractivity contribution in [2.45, 2.75) is 57.8 Å². The van der Waals surface area contributed by atoms with Gasteiger partial charge in [-0.1, -0.05) is 0 Å². The molecule has 1 amide bonds. The largest absolute Gasteiger partial charge is 0.473 e. The number of aromatic nitrogens is 5. The standard InChI is InChI=1S/C20H26N6O3/c1-20(2,3)29-19(27)23-14-5-6-15(9-14)28-18-17-7-8-21-26(17)12-16(24-18)13-10-22-25(4)11-13/h7-8,10-12,14-15H,5-6,9H2,1-4H3,(H,23,27)/t14-,15+/m1/s1. The Morgan fingerprint density at radius 1 is 1.24 bits per heavy atom. The third-order valence-corrected chi connectivity index (χ3v) is 4.74. The maximum Gasteiger partial charge on any atom is 0.407 e. The van der Waals surface area contributed by atoms with Gasteiger partial charge in [0.1, 0.15) is 17.2 Å². The van der Waals surface area contributed by atoms with E-state index in [1.807, 2.05) is 46.3 Å². The maximum absolute atomic E-state index is 12.0. The van der Waals surface area contributed by atoms with Crippen molar-refractivity contribution in [3.05, 3.63) is 30.9 Å². The monoisotopic (exact) mass is 398 g/mol. The van der Waals surface area contributed by atoms with Gasteiger partial charge in [-0.2, -0.15) is 10.2 Å². The van der Waals surface area contributed by atoms with E-state index in [0.717, 1.165) is 29.6 Å². The number of fused-ring (bicyclic) bond motifs is 1. The molecule has 3 heterocycles. The minimum Gasteiger partial charge on any atom is -0.473 e. The lowest BCUT2D eigenvalue weighted by Gasteiger charge is -2.21. The molecular weight excluding hydrogens is 372 g/mol. The Hall–Kier alpha value is -3.10. The fourth-order valence-corrected chi connectivity index (χ4v) is 3.49. The summed E-state index contributed by atoms with van der Waals surface area (Å²) in [6.07, 6.45) is 9.19. The number of nitrogens with zero attached hydrogens (tertiary/aromatic N) is 5. The molecule has 0 aromatic carbocycles. The van der Waals surface area contributed by atoms with Crippen LogP contribution >= 0.6 is 0 Å². The lowest BCUT2D eigenvalue weighted by molar-refractivity contribution is 0.0503. The van der Waals surface area contributed by atoms with Crippen LogP contribution in [0.25, 0.3) is 16.8 Å². The number of nitrogens with one attached hydrogen (secondary N) is 1. The summed E-state index contributed by atoms with van der Waals surface area (Å²) in [4.78, 5) is 16.7. The van der Waals surface area contributed by atoms with E-state index < -0.39 is 11.7 Å². The first-order chi connectivity index (χ1) is 13.8. The third-order valence-electron chi connectivity index (χ3n) is 4.74. The molecule has 29 heavy (non-hydrogen) atoms. The Balaban J connectivity index is 1.47. The second kappa shape index (κ2) is 7.38. The summed E-state index contributed by atoms with van der Waals surface area (Å²) >= 11 is 0. The number of rotatable bonds is 4. The van der Waals surface area contributed by atoms with E-state index in [1.165, 1.54) is 0 Å². The van der Waals surface area contributed by atoms with Gasteiger partial charge in [-0.05, 0) is 39.7 Å². The van der Waals surface area contributed by atoms with Crippen LogP contribution in [0.1, 0.15) is 40.0 Å². The summed E-state index contributed by atoms with van der Waals surface area (Å²) in [6, 6.07) is 1.90. The van der Waals surface area contributed by atoms with E-state index in [0.29, 0.717) is 12.3 Å². The van der Waals surface area contributed by atoms with Crippen molar-refractivity contribution in [1.82, 2.24) is 29.7 Å². The lowest BCUT2D eigenvalue weighted by atomic mass is 10.2. The quantitative estimate of drug-likeness (QED) is 0.726. The Morgan fingerprint density at radius 2 is 2.07 bits per heavy atom. The summed E-state index contributed by atoms with van der Waals surface area (Å²) < 4.78 is 15.1. The van der Waals surface area contributed by atoms with Gasteiger partial charge >= 0.3 is 6.09 Å². The van der Waals surface area contributed by atoms with Crippen LogP contribution < -0.4 is 10.1 Å². The Kier molecular flexibility index (Phi) is 4.89. The normalized spacial score (nSPS) is 19.4. The van der Waals surface area contributed by atoms with Crippen molar-refractivity contribution < 1.29 is 14.3 Å². The fraction of sp³-hybridized carbons (Fsp3) is 0.500. The number of aryl methyl sites for hydroxylation is 1. The van der Waals surface area contributed by atoms with Crippen LogP contribution in [0.5, 0.6) is 5.88 Å². The zero-order chi connectivity index (χ0) is 20.6. The third kappa shape index (κ3) is 4.49. The molecule has 0 spiro atoms. The van der Waals surface area contributed by atoms with Crippen LogP contribution in [0.4, 0.5) is 4.79 Å². The molecule has 9 nitrogen and oxygen atoms in total. The molecule has 0 radical (unpaired) electrons. The molecule has 1 fully saturated rings. The minimum atomic E-state index is -0.511. The number of carbonyl (C=O) groups excluding carboxylic acids is 1. The van der Waals surface area contributed by atoms with E-state index in [2.05, 4.69) is 15.5 Å². The number of hydrogen-bond acceptors (Lipinski definition) is 6. The first-order valence-electron chi connectivity index (χ1n) is 9.76. The van der Waals surface area contributed by atoms with Crippen LogP contribution in [-0.4, -0.2) is 48.2 Å². The molecule has 2 atom stereocenters. The average Bonchev–Trinajstić information content (AvgIpc) is 3.34. The molecular formula is C20H26N6O3. The van der Waals surface area contributed by atoms with Gasteiger partial charge in [-0.25, -0.2) is 14.3 Å². The van der Waals surface area contributed by atoms with Gasteiger partial charge in [0.25, 0.3) is 0 Å². The summed E-state index contributed by atoms with van der Waals surface area (Å²) in [7, 11) is 1.86. The summed E-state index contributed by atoms with van der Waals surface area (Å²) in [5.74, 6) is 0.534. The smallest absolute Gasteiger partial charge is 0.407 e. The second-order valence-electron chi connectivity index (χ2n) is 8.39. The van der Waals surface area contributed by atoms with Crippen LogP contribution in [-0.2, 0) is 11.8 Å². The molecule has 1 saturated carbocycles. The highest BCUT2D eigenvalue weighted by Gasteiger charge is 2.30. The molecule has 154 valence electrons. The van der Waals surface area contributed by atoms with Gasteiger partial charge in [-0.15, -0.1) is 0 Å². The minimum absolute atomic E-state index is 0.0253. The molecule has 1 N–H and O–H groups in total. The Bertz CT molecular complexity index is 1020. The zero-order valence-corrected chi connectivity index (χ0v) is 17.1. The first kappa shape index (κ1) is 19.2. The molecule has 4 rings (SSSR count). The molecule has 0 saturated heterocycles. The van der Waals surface area contributed by atoms with Crippen molar-refractivity contribution in [2.24, 2.45) is 7.05 Å². The van der Waals surface area contributed by atoms with Gasteiger partial charge in [0.05, 0.1) is 24.3 Å². The maximum atomic E-state index is 12.0. The van der Waals surface area contributed by atoms with E-state index in [-0.39, 0.29) is 12.1 Å². The highest BCUT2D eigenvalue weighted by Crippen LogP contribution is 2.29. The predicted octanol–water partition coefficient (Wildman–Crippen LogP) is 2.95. The van der Waals surface area contributed by atoms with Gasteiger partial charge < -0.3 is 14.8 Å². The number of amides is 1. The SMILES string of the molecule is Cn1cc(-c2cn3nccc3c(O[C@H]3CC[C@@H](NC(=O)OC(C)(C)C)C3)n2)cn1. The summed E-state index contributed by atoms with van der Waals surface area (Å²) in [5.41, 5.74) is 1.93. The molecule has 0 bridgehead atoms. The van der Waals surface area contributed by atoms with E-state index >= 15 is 0 Å². The number of carbonyl (C=O) groups is 1.